The number of hydrogen-bond donors (Lipinski definition) is 1. The minimum Gasteiger partial charge on any atom is -0.482 e. The highest BCUT2D eigenvalue weighted by Gasteiger charge is 2.45. The first-order valence-electron chi connectivity index (χ1n) is 8.64. The molecule has 0 aromatic heterocycles. The number of carbonyl (C=O) groups is 3. The number of hydrogen-bond acceptors (Lipinski definition) is 4. The smallest absolute Gasteiger partial charge is 0.406 e. The zero-order valence-corrected chi connectivity index (χ0v) is 15.0. The Bertz CT molecular complexity index is 1110. The molecule has 0 fully saturated rings. The Labute approximate surface area is 166 Å². The van der Waals surface area contributed by atoms with E-state index >= 15 is 0 Å². The third-order valence-electron chi connectivity index (χ3n) is 4.54. The monoisotopic (exact) mass is 420 g/mol. The van der Waals surface area contributed by atoms with E-state index in [9.17, 15) is 31.9 Å². The molecule has 6 nitrogen and oxygen atoms in total. The number of halogens is 4. The van der Waals surface area contributed by atoms with Crippen LogP contribution in [0.15, 0.2) is 42.5 Å². The van der Waals surface area contributed by atoms with Crippen LogP contribution >= 0.6 is 0 Å². The van der Waals surface area contributed by atoms with Gasteiger partial charge in [-0.3, -0.25) is 19.3 Å². The van der Waals surface area contributed by atoms with E-state index in [2.05, 4.69) is 5.32 Å². The van der Waals surface area contributed by atoms with Crippen molar-refractivity contribution in [2.24, 2.45) is 0 Å². The number of carbonyl (C=O) groups excluding carboxylic acids is 3. The van der Waals surface area contributed by atoms with Crippen LogP contribution in [0.2, 0.25) is 0 Å². The van der Waals surface area contributed by atoms with Crippen molar-refractivity contribution in [3.63, 3.8) is 0 Å². The first kappa shape index (κ1) is 19.6. The molecule has 30 heavy (non-hydrogen) atoms. The van der Waals surface area contributed by atoms with Gasteiger partial charge in [0.15, 0.2) is 6.61 Å². The summed E-state index contributed by atoms with van der Waals surface area (Å²) in [4.78, 5) is 37.3. The lowest BCUT2D eigenvalue weighted by molar-refractivity contribution is -0.163. The number of anilines is 1. The summed E-state index contributed by atoms with van der Waals surface area (Å²) in [6, 6.07) is 8.65. The van der Waals surface area contributed by atoms with Crippen molar-refractivity contribution in [2.75, 3.05) is 18.5 Å². The van der Waals surface area contributed by atoms with Crippen molar-refractivity contribution < 1.29 is 36.7 Å². The Morgan fingerprint density at radius 2 is 1.53 bits per heavy atom. The average molecular weight is 420 g/mol. The van der Waals surface area contributed by atoms with Gasteiger partial charge in [0.25, 0.3) is 17.7 Å². The number of amides is 3. The predicted molar refractivity (Wildman–Crippen MR) is 96.6 cm³/mol. The topological polar surface area (TPSA) is 75.7 Å². The van der Waals surface area contributed by atoms with Gasteiger partial charge in [-0.25, -0.2) is 4.39 Å². The molecule has 2 aliphatic heterocycles. The number of alkyl halides is 3. The molecule has 2 aliphatic rings. The molecule has 154 valence electrons. The predicted octanol–water partition coefficient (Wildman–Crippen LogP) is 3.00. The van der Waals surface area contributed by atoms with E-state index in [4.69, 9.17) is 4.74 Å². The van der Waals surface area contributed by atoms with E-state index in [0.717, 1.165) is 12.1 Å². The van der Waals surface area contributed by atoms with E-state index in [0.29, 0.717) is 5.75 Å². The molecule has 0 aliphatic carbocycles. The van der Waals surface area contributed by atoms with Crippen molar-refractivity contribution >= 4 is 34.6 Å². The van der Waals surface area contributed by atoms with Gasteiger partial charge in [-0.15, -0.1) is 0 Å². The molecule has 2 heterocycles. The van der Waals surface area contributed by atoms with Gasteiger partial charge in [0, 0.05) is 0 Å². The van der Waals surface area contributed by atoms with Crippen LogP contribution < -0.4 is 10.1 Å². The highest BCUT2D eigenvalue weighted by atomic mass is 19.4. The SMILES string of the molecule is O=C1COc2ccc(C3=C(c4ccc(F)cc4)C(=O)N(CC(F)(F)F)C3=O)cc2N1. The van der Waals surface area contributed by atoms with Crippen LogP contribution in [0.5, 0.6) is 5.75 Å². The van der Waals surface area contributed by atoms with Gasteiger partial charge >= 0.3 is 6.18 Å². The molecule has 10 heteroatoms. The molecule has 0 atom stereocenters. The van der Waals surface area contributed by atoms with Crippen LogP contribution in [0.3, 0.4) is 0 Å². The number of ether oxygens (including phenoxy) is 1. The standard InChI is InChI=1S/C20H12F4N2O4/c21-12-4-1-10(2-5-12)16-17(19(29)26(18(16)28)9-20(22,23)24)11-3-6-14-13(7-11)25-15(27)8-30-14/h1-7H,8-9H2,(H,25,27). The molecule has 0 unspecified atom stereocenters. The highest BCUT2D eigenvalue weighted by Crippen LogP contribution is 2.39. The zero-order chi connectivity index (χ0) is 21.6. The Balaban J connectivity index is 1.86. The molecule has 2 aromatic carbocycles. The Morgan fingerprint density at radius 3 is 2.17 bits per heavy atom. The summed E-state index contributed by atoms with van der Waals surface area (Å²) < 4.78 is 57.4. The fourth-order valence-corrected chi connectivity index (χ4v) is 3.29. The van der Waals surface area contributed by atoms with Gasteiger partial charge in [0.05, 0.1) is 16.8 Å². The molecular formula is C20H12F4N2O4. The number of rotatable bonds is 3. The molecule has 1 N–H and O–H groups in total. The minimum atomic E-state index is -4.80. The summed E-state index contributed by atoms with van der Waals surface area (Å²) >= 11 is 0. The molecule has 0 saturated heterocycles. The summed E-state index contributed by atoms with van der Waals surface area (Å²) in [5, 5.41) is 2.54. The number of nitrogens with one attached hydrogen (secondary N) is 1. The summed E-state index contributed by atoms with van der Waals surface area (Å²) in [6.45, 7) is -1.96. The van der Waals surface area contributed by atoms with E-state index < -0.39 is 36.3 Å². The lowest BCUT2D eigenvalue weighted by Gasteiger charge is -2.19. The Hall–Kier alpha value is -3.69. The summed E-state index contributed by atoms with van der Waals surface area (Å²) in [5.41, 5.74) is -0.149. The van der Waals surface area contributed by atoms with E-state index in [-0.39, 0.29) is 39.5 Å². The van der Waals surface area contributed by atoms with Crippen molar-refractivity contribution in [3.05, 3.63) is 59.4 Å². The maximum Gasteiger partial charge on any atom is 0.406 e. The molecule has 0 radical (unpaired) electrons. The third-order valence-corrected chi connectivity index (χ3v) is 4.54. The maximum atomic E-state index is 13.3. The van der Waals surface area contributed by atoms with Crippen molar-refractivity contribution in [3.8, 4) is 5.75 Å². The van der Waals surface area contributed by atoms with Gasteiger partial charge in [0.1, 0.15) is 18.1 Å². The molecule has 4 rings (SSSR count). The molecule has 3 amide bonds. The highest BCUT2D eigenvalue weighted by molar-refractivity contribution is 6.49. The van der Waals surface area contributed by atoms with Crippen molar-refractivity contribution in [1.82, 2.24) is 4.90 Å². The van der Waals surface area contributed by atoms with Crippen LogP contribution in [-0.2, 0) is 14.4 Å². The molecule has 2 aromatic rings. The molecule has 0 bridgehead atoms. The van der Waals surface area contributed by atoms with Crippen molar-refractivity contribution in [2.45, 2.75) is 6.18 Å². The summed E-state index contributed by atoms with van der Waals surface area (Å²) in [5.74, 6) is -3.03. The number of nitrogens with zero attached hydrogens (tertiary/aromatic N) is 1. The van der Waals surface area contributed by atoms with E-state index in [1.807, 2.05) is 0 Å². The number of benzene rings is 2. The van der Waals surface area contributed by atoms with Gasteiger partial charge in [-0.05, 0) is 35.4 Å². The van der Waals surface area contributed by atoms with E-state index in [1.54, 1.807) is 0 Å². The first-order chi connectivity index (χ1) is 14.1. The van der Waals surface area contributed by atoms with E-state index in [1.165, 1.54) is 30.3 Å². The molecule has 0 spiro atoms. The quantitative estimate of drug-likeness (QED) is 0.612. The number of imide groups is 1. The first-order valence-corrected chi connectivity index (χ1v) is 8.64. The second kappa shape index (κ2) is 6.97. The Kier molecular flexibility index (Phi) is 4.56. The average Bonchev–Trinajstić information content (AvgIpc) is 2.91. The normalized spacial score (nSPS) is 16.5. The lowest BCUT2D eigenvalue weighted by Crippen LogP contribution is -2.39. The van der Waals surface area contributed by atoms with Crippen LogP contribution in [0.1, 0.15) is 11.1 Å². The minimum absolute atomic E-state index is 0.0902. The lowest BCUT2D eigenvalue weighted by atomic mass is 9.95. The molecular weight excluding hydrogens is 408 g/mol. The number of fused-ring (bicyclic) bond motifs is 1. The van der Waals surface area contributed by atoms with Gasteiger partial charge in [-0.1, -0.05) is 18.2 Å². The maximum absolute atomic E-state index is 13.3. The molecule has 0 saturated carbocycles. The fourth-order valence-electron chi connectivity index (χ4n) is 3.29. The van der Waals surface area contributed by atoms with Crippen molar-refractivity contribution in [1.29, 1.82) is 0 Å². The van der Waals surface area contributed by atoms with Crippen LogP contribution in [0.25, 0.3) is 11.1 Å². The zero-order valence-electron chi connectivity index (χ0n) is 15.0. The van der Waals surface area contributed by atoms with Gasteiger partial charge in [-0.2, -0.15) is 13.2 Å². The Morgan fingerprint density at radius 1 is 0.933 bits per heavy atom. The summed E-state index contributed by atoms with van der Waals surface area (Å²) in [6.07, 6.45) is -4.80. The largest absolute Gasteiger partial charge is 0.482 e. The summed E-state index contributed by atoms with van der Waals surface area (Å²) in [7, 11) is 0. The second-order valence-corrected chi connectivity index (χ2v) is 6.62. The van der Waals surface area contributed by atoms with Crippen LogP contribution in [-0.4, -0.2) is 41.9 Å². The second-order valence-electron chi connectivity index (χ2n) is 6.62. The van der Waals surface area contributed by atoms with Crippen LogP contribution in [0.4, 0.5) is 23.2 Å². The van der Waals surface area contributed by atoms with Gasteiger partial charge < -0.3 is 10.1 Å². The van der Waals surface area contributed by atoms with Crippen LogP contribution in [0, 0.1) is 5.82 Å². The fraction of sp³-hybridized carbons (Fsp3) is 0.150. The van der Waals surface area contributed by atoms with Gasteiger partial charge in [0.2, 0.25) is 0 Å². The third kappa shape index (κ3) is 3.51.